The van der Waals surface area contributed by atoms with Gasteiger partial charge in [-0.05, 0) is 12.1 Å². The number of aliphatic hydroxyl groups is 5. The second-order valence-corrected chi connectivity index (χ2v) is 9.36. The molecule has 3 heterocycles. The van der Waals surface area contributed by atoms with Crippen molar-refractivity contribution in [3.05, 3.63) is 46.9 Å². The number of aliphatic hydroxyl groups excluding tert-OH is 5. The van der Waals surface area contributed by atoms with Gasteiger partial charge in [-0.3, -0.25) is 9.13 Å². The molecule has 0 spiro atoms. The maximum atomic E-state index is 12.2. The summed E-state index contributed by atoms with van der Waals surface area (Å²) < 4.78 is 33.2. The van der Waals surface area contributed by atoms with Crippen molar-refractivity contribution in [3.63, 3.8) is 0 Å². The number of nitrogens with zero attached hydrogens (tertiary/aromatic N) is 2. The molecule has 0 aromatic carbocycles. The molecule has 2 aliphatic rings. The minimum atomic E-state index is -5.01. The van der Waals surface area contributed by atoms with E-state index in [1.54, 1.807) is 13.0 Å². The average Bonchev–Trinajstić information content (AvgIpc) is 3.10. The Bertz CT molecular complexity index is 1050. The molecular formula is C19H27N3O12P-. The van der Waals surface area contributed by atoms with E-state index in [1.165, 1.54) is 18.3 Å². The van der Waals surface area contributed by atoms with E-state index in [-0.39, 0.29) is 17.5 Å². The van der Waals surface area contributed by atoms with Gasteiger partial charge in [0.05, 0.1) is 13.2 Å². The Labute approximate surface area is 198 Å². The van der Waals surface area contributed by atoms with Crippen LogP contribution in [0.4, 0.5) is 5.82 Å². The number of nitrogen functional groups attached to an aromatic ring is 1. The third-order valence-electron chi connectivity index (χ3n) is 5.43. The molecule has 9 atom stereocenters. The number of allylic oxidation sites excluding steroid dienone is 1. The molecular weight excluding hydrogens is 493 g/mol. The molecule has 15 nitrogen and oxygen atoms in total. The predicted molar refractivity (Wildman–Crippen MR) is 114 cm³/mol. The van der Waals surface area contributed by atoms with Crippen LogP contribution in [-0.2, 0) is 23.1 Å². The van der Waals surface area contributed by atoms with Crippen LogP contribution < -0.4 is 16.3 Å². The van der Waals surface area contributed by atoms with Crippen LogP contribution >= 0.6 is 7.82 Å². The van der Waals surface area contributed by atoms with E-state index in [1.807, 2.05) is 0 Å². The minimum absolute atomic E-state index is 0.0608. The van der Waals surface area contributed by atoms with Crippen molar-refractivity contribution in [2.75, 3.05) is 18.9 Å². The Kier molecular flexibility index (Phi) is 8.69. The summed E-state index contributed by atoms with van der Waals surface area (Å²) in [6.45, 7) is 0.217. The number of aromatic nitrogens is 2. The zero-order valence-corrected chi connectivity index (χ0v) is 19.3. The fourth-order valence-corrected chi connectivity index (χ4v) is 4.09. The van der Waals surface area contributed by atoms with Gasteiger partial charge in [0, 0.05) is 12.1 Å². The molecule has 0 saturated carbocycles. The summed E-state index contributed by atoms with van der Waals surface area (Å²) in [6, 6.07) is 1.28. The fraction of sp³-hybridized carbons (Fsp3) is 0.579. The number of rotatable bonds is 9. The lowest BCUT2D eigenvalue weighted by Gasteiger charge is -2.33. The number of anilines is 1. The minimum Gasteiger partial charge on any atom is -0.746 e. The van der Waals surface area contributed by atoms with Crippen LogP contribution in [0.15, 0.2) is 41.2 Å². The van der Waals surface area contributed by atoms with Gasteiger partial charge in [0.25, 0.3) is 0 Å². The molecule has 3 unspecified atom stereocenters. The molecule has 0 amide bonds. The predicted octanol–water partition coefficient (Wildman–Crippen LogP) is -2.91. The molecule has 0 radical (unpaired) electrons. The molecule has 0 bridgehead atoms. The van der Waals surface area contributed by atoms with Gasteiger partial charge in [0.15, 0.2) is 12.0 Å². The molecule has 0 aliphatic carbocycles. The van der Waals surface area contributed by atoms with Gasteiger partial charge in [-0.1, -0.05) is 13.0 Å². The summed E-state index contributed by atoms with van der Waals surface area (Å²) >= 11 is 0. The summed E-state index contributed by atoms with van der Waals surface area (Å²) in [5, 5.41) is 49.1. The molecule has 35 heavy (non-hydrogen) atoms. The lowest BCUT2D eigenvalue weighted by Crippen LogP contribution is -2.44. The van der Waals surface area contributed by atoms with E-state index < -0.39 is 69.6 Å². The lowest BCUT2D eigenvalue weighted by atomic mass is 9.94. The van der Waals surface area contributed by atoms with Crippen LogP contribution in [0.2, 0.25) is 0 Å². The smallest absolute Gasteiger partial charge is 0.351 e. The van der Waals surface area contributed by atoms with Crippen LogP contribution in [0.3, 0.4) is 0 Å². The number of hydrogen-bond donors (Lipinski definition) is 6. The van der Waals surface area contributed by atoms with Crippen LogP contribution in [0.1, 0.15) is 13.2 Å². The summed E-state index contributed by atoms with van der Waals surface area (Å²) in [6.07, 6.45) is -4.98. The molecule has 2 aliphatic heterocycles. The fourth-order valence-electron chi connectivity index (χ4n) is 3.46. The molecule has 3 rings (SSSR count). The second-order valence-electron chi connectivity index (χ2n) is 8.00. The average molecular weight is 520 g/mol. The third-order valence-corrected chi connectivity index (χ3v) is 6.26. The van der Waals surface area contributed by atoms with Gasteiger partial charge < -0.3 is 54.7 Å². The molecule has 1 aromatic heterocycles. The first kappa shape index (κ1) is 27.3. The van der Waals surface area contributed by atoms with Gasteiger partial charge in [-0.2, -0.15) is 4.98 Å². The summed E-state index contributed by atoms with van der Waals surface area (Å²) in [5.41, 5.74) is 4.56. The highest BCUT2D eigenvalue weighted by Crippen LogP contribution is 2.41. The van der Waals surface area contributed by atoms with E-state index in [0.717, 1.165) is 4.57 Å². The zero-order chi connectivity index (χ0) is 25.9. The van der Waals surface area contributed by atoms with Crippen molar-refractivity contribution in [2.45, 2.75) is 49.8 Å². The molecule has 1 saturated heterocycles. The molecule has 1 fully saturated rings. The van der Waals surface area contributed by atoms with Gasteiger partial charge >= 0.3 is 13.5 Å². The summed E-state index contributed by atoms with van der Waals surface area (Å²) in [7, 11) is -5.01. The van der Waals surface area contributed by atoms with E-state index in [9.17, 15) is 34.7 Å². The van der Waals surface area contributed by atoms with Crippen LogP contribution in [0.5, 0.6) is 0 Å². The zero-order valence-electron chi connectivity index (χ0n) is 18.4. The van der Waals surface area contributed by atoms with Crippen molar-refractivity contribution < 1.29 is 53.5 Å². The Morgan fingerprint density at radius 3 is 2.74 bits per heavy atom. The van der Waals surface area contributed by atoms with E-state index in [0.29, 0.717) is 6.26 Å². The highest BCUT2D eigenvalue weighted by Gasteiger charge is 2.44. The van der Waals surface area contributed by atoms with Crippen molar-refractivity contribution in [2.24, 2.45) is 5.92 Å². The molecule has 16 heteroatoms. The summed E-state index contributed by atoms with van der Waals surface area (Å²) in [5.74, 6) is -0.544. The Morgan fingerprint density at radius 2 is 2.09 bits per heavy atom. The van der Waals surface area contributed by atoms with Crippen LogP contribution in [-0.4, -0.2) is 84.9 Å². The first-order chi connectivity index (χ1) is 16.4. The van der Waals surface area contributed by atoms with Gasteiger partial charge in [0.2, 0.25) is 0 Å². The number of phosphoric acid groups is 1. The van der Waals surface area contributed by atoms with E-state index in [2.05, 4.69) is 9.51 Å². The number of hydrogen-bond acceptors (Lipinski definition) is 14. The quantitative estimate of drug-likeness (QED) is 0.141. The maximum absolute atomic E-state index is 12.2. The second kappa shape index (κ2) is 11.2. The number of phosphoric ester groups is 1. The number of ether oxygens (including phenoxy) is 2. The molecule has 1 aromatic rings. The number of nitrogens with two attached hydrogens (primary N) is 1. The van der Waals surface area contributed by atoms with Gasteiger partial charge in [-0.15, -0.1) is 0 Å². The van der Waals surface area contributed by atoms with Crippen molar-refractivity contribution in [1.82, 2.24) is 9.55 Å². The molecule has 7 N–H and O–H groups in total. The Hall–Kier alpha value is -2.33. The first-order valence-electron chi connectivity index (χ1n) is 10.5. The Balaban J connectivity index is 1.59. The third kappa shape index (κ3) is 6.46. The van der Waals surface area contributed by atoms with Crippen molar-refractivity contribution >= 4 is 13.6 Å². The van der Waals surface area contributed by atoms with E-state index >= 15 is 0 Å². The summed E-state index contributed by atoms with van der Waals surface area (Å²) in [4.78, 5) is 27.6. The van der Waals surface area contributed by atoms with Gasteiger partial charge in [0.1, 0.15) is 48.7 Å². The van der Waals surface area contributed by atoms with Gasteiger partial charge in [-0.25, -0.2) is 4.79 Å². The maximum Gasteiger partial charge on any atom is 0.351 e. The van der Waals surface area contributed by atoms with E-state index in [4.69, 9.17) is 24.8 Å². The van der Waals surface area contributed by atoms with Crippen molar-refractivity contribution in [3.8, 4) is 0 Å². The lowest BCUT2D eigenvalue weighted by molar-refractivity contribution is -0.224. The van der Waals surface area contributed by atoms with Crippen molar-refractivity contribution in [1.29, 1.82) is 0 Å². The first-order valence-corrected chi connectivity index (χ1v) is 11.9. The Morgan fingerprint density at radius 1 is 1.37 bits per heavy atom. The standard InChI is InChI=1S/C19H28N3O12P/c1-9-2-3-10(33-17(9)14(25)11(24)6-23)7-31-35(29,30)32-8-12-15(26)16(27)18(34-12)22-5-4-13(20)21-19(22)28/h2-5,7,9,11-12,14-18,23-27H,6,8H2,1H3,(H,29,30)(H2,20,21,28)/p-1/b10-7+/t9-,11-,12-,14-,15+,16?,17?,18-/m1/s1. The largest absolute Gasteiger partial charge is 0.746 e. The highest BCUT2D eigenvalue weighted by molar-refractivity contribution is 7.46. The van der Waals surface area contributed by atoms with Crippen LogP contribution in [0, 0.1) is 5.92 Å². The monoisotopic (exact) mass is 520 g/mol. The molecule has 196 valence electrons. The highest BCUT2D eigenvalue weighted by atomic mass is 31.2. The topological polar surface area (TPSA) is 239 Å². The SMILES string of the molecule is C[C@@H]1C=C/C(=C\OP(=O)([O-])OC[C@H]2O[C@@H](n3ccc(N)nc3=O)C(O)[C@H]2O)OC1[C@H](O)[C@H](O)CO. The van der Waals surface area contributed by atoms with Crippen LogP contribution in [0.25, 0.3) is 0 Å². The normalized spacial score (nSPS) is 33.2.